The number of halogens is 1. The molecule has 2 rings (SSSR count). The van der Waals surface area contributed by atoms with Crippen molar-refractivity contribution in [3.8, 4) is 0 Å². The smallest absolute Gasteiger partial charge is 0.127 e. The summed E-state index contributed by atoms with van der Waals surface area (Å²) in [6.07, 6.45) is 7.81. The Bertz CT molecular complexity index is 455. The molecule has 1 heteroatoms. The second kappa shape index (κ2) is 4.87. The van der Waals surface area contributed by atoms with Crippen LogP contribution in [0.3, 0.4) is 0 Å². The average Bonchev–Trinajstić information content (AvgIpc) is 2.51. The van der Waals surface area contributed by atoms with Crippen LogP contribution in [-0.2, 0) is 6.42 Å². The van der Waals surface area contributed by atoms with Crippen LogP contribution in [0.2, 0.25) is 0 Å². The minimum atomic E-state index is -0.0696. The summed E-state index contributed by atoms with van der Waals surface area (Å²) in [7, 11) is 0. The van der Waals surface area contributed by atoms with E-state index in [2.05, 4.69) is 38.6 Å². The first-order valence-corrected chi connectivity index (χ1v) is 6.23. The molecule has 0 amide bonds. The number of rotatable bonds is 2. The van der Waals surface area contributed by atoms with Crippen molar-refractivity contribution in [3.63, 3.8) is 0 Å². The van der Waals surface area contributed by atoms with Crippen molar-refractivity contribution in [2.24, 2.45) is 5.92 Å². The van der Waals surface area contributed by atoms with Gasteiger partial charge in [-0.1, -0.05) is 44.7 Å². The zero-order valence-electron chi connectivity index (χ0n) is 10.5. The Morgan fingerprint density at radius 3 is 2.76 bits per heavy atom. The number of hydrogen-bond acceptors (Lipinski definition) is 0. The van der Waals surface area contributed by atoms with E-state index in [1.807, 2.05) is 0 Å². The van der Waals surface area contributed by atoms with Gasteiger partial charge in [0.15, 0.2) is 0 Å². The summed E-state index contributed by atoms with van der Waals surface area (Å²) >= 11 is 0. The highest BCUT2D eigenvalue weighted by molar-refractivity contribution is 5.52. The van der Waals surface area contributed by atoms with Crippen LogP contribution in [0.1, 0.15) is 42.9 Å². The Morgan fingerprint density at radius 1 is 1.35 bits per heavy atom. The Hall–Kier alpha value is -1.37. The summed E-state index contributed by atoms with van der Waals surface area (Å²) in [5.41, 5.74) is 2.90. The molecule has 0 aliphatic heterocycles. The predicted octanol–water partition coefficient (Wildman–Crippen LogP) is 4.71. The van der Waals surface area contributed by atoms with Crippen LogP contribution < -0.4 is 0 Å². The molecule has 1 aromatic rings. The molecular formula is C16H19F. The molecule has 1 aliphatic carbocycles. The molecule has 0 bridgehead atoms. The van der Waals surface area contributed by atoms with E-state index in [0.717, 1.165) is 29.5 Å². The van der Waals surface area contributed by atoms with Gasteiger partial charge in [-0.15, -0.1) is 0 Å². The molecule has 90 valence electrons. The van der Waals surface area contributed by atoms with Crippen molar-refractivity contribution >= 4 is 6.08 Å². The van der Waals surface area contributed by atoms with Gasteiger partial charge in [-0.25, -0.2) is 4.39 Å². The number of benzene rings is 1. The second-order valence-electron chi connectivity index (χ2n) is 5.04. The van der Waals surface area contributed by atoms with Gasteiger partial charge in [-0.3, -0.25) is 0 Å². The topological polar surface area (TPSA) is 0 Å². The average molecular weight is 230 g/mol. The SMILES string of the molecule is C=Cc1cc(F)c2c(c1)CC=CCC2C(C)C. The van der Waals surface area contributed by atoms with Crippen LogP contribution in [0.15, 0.2) is 30.9 Å². The molecule has 0 heterocycles. The fraction of sp³-hybridized carbons (Fsp3) is 0.375. The van der Waals surface area contributed by atoms with Gasteiger partial charge in [0.2, 0.25) is 0 Å². The Labute approximate surface area is 103 Å². The summed E-state index contributed by atoms with van der Waals surface area (Å²) in [5, 5.41) is 0. The van der Waals surface area contributed by atoms with Gasteiger partial charge in [0.05, 0.1) is 0 Å². The summed E-state index contributed by atoms with van der Waals surface area (Å²) in [4.78, 5) is 0. The molecule has 0 nitrogen and oxygen atoms in total. The van der Waals surface area contributed by atoms with E-state index in [4.69, 9.17) is 0 Å². The molecule has 0 saturated carbocycles. The lowest BCUT2D eigenvalue weighted by molar-refractivity contribution is 0.475. The Balaban J connectivity index is 2.57. The van der Waals surface area contributed by atoms with Crippen molar-refractivity contribution in [3.05, 3.63) is 53.4 Å². The zero-order valence-corrected chi connectivity index (χ0v) is 10.5. The van der Waals surface area contributed by atoms with Gasteiger partial charge in [0, 0.05) is 0 Å². The maximum absolute atomic E-state index is 14.2. The van der Waals surface area contributed by atoms with Crippen LogP contribution in [0.25, 0.3) is 6.08 Å². The van der Waals surface area contributed by atoms with E-state index in [0.29, 0.717) is 11.8 Å². The van der Waals surface area contributed by atoms with Crippen molar-refractivity contribution in [1.82, 2.24) is 0 Å². The molecule has 0 aromatic heterocycles. The molecule has 1 atom stereocenters. The predicted molar refractivity (Wildman–Crippen MR) is 71.5 cm³/mol. The third kappa shape index (κ3) is 2.33. The lowest BCUT2D eigenvalue weighted by Gasteiger charge is -2.22. The van der Waals surface area contributed by atoms with Gasteiger partial charge >= 0.3 is 0 Å². The van der Waals surface area contributed by atoms with Gasteiger partial charge < -0.3 is 0 Å². The van der Waals surface area contributed by atoms with Gasteiger partial charge in [0.1, 0.15) is 5.82 Å². The van der Waals surface area contributed by atoms with Gasteiger partial charge in [-0.2, -0.15) is 0 Å². The molecular weight excluding hydrogens is 211 g/mol. The number of allylic oxidation sites excluding steroid dienone is 2. The van der Waals surface area contributed by atoms with Crippen molar-refractivity contribution < 1.29 is 4.39 Å². The number of fused-ring (bicyclic) bond motifs is 1. The molecule has 1 aromatic carbocycles. The van der Waals surface area contributed by atoms with Crippen LogP contribution >= 0.6 is 0 Å². The second-order valence-corrected chi connectivity index (χ2v) is 5.04. The molecule has 0 spiro atoms. The zero-order chi connectivity index (χ0) is 12.4. The van der Waals surface area contributed by atoms with E-state index in [1.54, 1.807) is 12.1 Å². The summed E-state index contributed by atoms with van der Waals surface area (Å²) in [6.45, 7) is 8.04. The number of hydrogen-bond donors (Lipinski definition) is 0. The summed E-state index contributed by atoms with van der Waals surface area (Å²) in [6, 6.07) is 3.67. The van der Waals surface area contributed by atoms with Crippen molar-refractivity contribution in [2.75, 3.05) is 0 Å². The highest BCUT2D eigenvalue weighted by Crippen LogP contribution is 2.35. The highest BCUT2D eigenvalue weighted by atomic mass is 19.1. The molecule has 0 radical (unpaired) electrons. The van der Waals surface area contributed by atoms with E-state index < -0.39 is 0 Å². The maximum Gasteiger partial charge on any atom is 0.127 e. The third-order valence-electron chi connectivity index (χ3n) is 3.54. The normalized spacial score (nSPS) is 18.9. The first-order chi connectivity index (χ1) is 8.13. The van der Waals surface area contributed by atoms with Crippen LogP contribution in [0.4, 0.5) is 4.39 Å². The first-order valence-electron chi connectivity index (χ1n) is 6.23. The standard InChI is InChI=1S/C16H19F/c1-4-12-9-13-7-5-6-8-14(11(2)3)16(13)15(17)10-12/h4-6,9-11,14H,1,7-8H2,2-3H3. The van der Waals surface area contributed by atoms with Crippen molar-refractivity contribution in [2.45, 2.75) is 32.6 Å². The largest absolute Gasteiger partial charge is 0.207 e. The minimum Gasteiger partial charge on any atom is -0.207 e. The van der Waals surface area contributed by atoms with Crippen LogP contribution in [-0.4, -0.2) is 0 Å². The maximum atomic E-state index is 14.2. The van der Waals surface area contributed by atoms with Crippen LogP contribution in [0, 0.1) is 11.7 Å². The first kappa shape index (κ1) is 12.1. The fourth-order valence-corrected chi connectivity index (χ4v) is 2.58. The molecule has 1 unspecified atom stereocenters. The van der Waals surface area contributed by atoms with Gasteiger partial charge in [0.25, 0.3) is 0 Å². The van der Waals surface area contributed by atoms with E-state index in [1.165, 1.54) is 0 Å². The van der Waals surface area contributed by atoms with Gasteiger partial charge in [-0.05, 0) is 47.4 Å². The lowest BCUT2D eigenvalue weighted by Crippen LogP contribution is -2.10. The Morgan fingerprint density at radius 2 is 2.12 bits per heavy atom. The van der Waals surface area contributed by atoms with E-state index in [-0.39, 0.29) is 5.82 Å². The third-order valence-corrected chi connectivity index (χ3v) is 3.54. The van der Waals surface area contributed by atoms with E-state index >= 15 is 0 Å². The molecule has 0 fully saturated rings. The fourth-order valence-electron chi connectivity index (χ4n) is 2.58. The molecule has 1 aliphatic rings. The molecule has 0 N–H and O–H groups in total. The van der Waals surface area contributed by atoms with Crippen molar-refractivity contribution in [1.29, 1.82) is 0 Å². The lowest BCUT2D eigenvalue weighted by atomic mass is 9.83. The van der Waals surface area contributed by atoms with E-state index in [9.17, 15) is 4.39 Å². The highest BCUT2D eigenvalue weighted by Gasteiger charge is 2.23. The van der Waals surface area contributed by atoms with Crippen LogP contribution in [0.5, 0.6) is 0 Å². The summed E-state index contributed by atoms with van der Waals surface area (Å²) in [5.74, 6) is 0.683. The Kier molecular flexibility index (Phi) is 3.46. The summed E-state index contributed by atoms with van der Waals surface area (Å²) < 4.78 is 14.2. The monoisotopic (exact) mass is 230 g/mol. The molecule has 17 heavy (non-hydrogen) atoms. The quantitative estimate of drug-likeness (QED) is 0.645. The minimum absolute atomic E-state index is 0.0696. The molecule has 0 saturated heterocycles.